The van der Waals surface area contributed by atoms with Crippen molar-refractivity contribution in [1.29, 1.82) is 0 Å². The average Bonchev–Trinajstić information content (AvgIpc) is 2.57. The number of H-pyrrole nitrogens is 1. The van der Waals surface area contributed by atoms with Crippen LogP contribution in [0.3, 0.4) is 0 Å². The number of carbonyl (C=O) groups is 1. The van der Waals surface area contributed by atoms with Crippen LogP contribution in [0.1, 0.15) is 31.3 Å². The van der Waals surface area contributed by atoms with Crippen LogP contribution in [0.2, 0.25) is 5.02 Å². The molecule has 0 atom stereocenters. The van der Waals surface area contributed by atoms with E-state index in [9.17, 15) is 4.79 Å². The van der Waals surface area contributed by atoms with E-state index < -0.39 is 0 Å². The highest BCUT2D eigenvalue weighted by atomic mass is 35.5. The number of nitrogens with one attached hydrogen (secondary N) is 1. The van der Waals surface area contributed by atoms with Crippen LogP contribution in [0.5, 0.6) is 0 Å². The van der Waals surface area contributed by atoms with Crippen molar-refractivity contribution in [2.45, 2.75) is 20.8 Å². The molecule has 2 rings (SSSR count). The minimum absolute atomic E-state index is 0.111. The van der Waals surface area contributed by atoms with Gasteiger partial charge in [0.05, 0.1) is 5.69 Å². The van der Waals surface area contributed by atoms with Gasteiger partial charge in [0.2, 0.25) is 0 Å². The second-order valence-corrected chi connectivity index (χ2v) is 5.43. The Balaban J connectivity index is 2.52. The highest BCUT2D eigenvalue weighted by Gasteiger charge is 2.24. The van der Waals surface area contributed by atoms with Crippen LogP contribution in [0, 0.1) is 5.41 Å². The zero-order valence-electron chi connectivity index (χ0n) is 9.60. The fraction of sp³-hybridized carbons (Fsp3) is 0.308. The molecule has 0 unspecified atom stereocenters. The summed E-state index contributed by atoms with van der Waals surface area (Å²) < 4.78 is 0. The maximum Gasteiger partial charge on any atom is 0.184 e. The second-order valence-electron chi connectivity index (χ2n) is 4.99. The zero-order chi connectivity index (χ0) is 11.9. The van der Waals surface area contributed by atoms with E-state index in [1.165, 1.54) is 0 Å². The van der Waals surface area contributed by atoms with Gasteiger partial charge in [-0.2, -0.15) is 0 Å². The molecule has 1 aromatic carbocycles. The predicted octanol–water partition coefficient (Wildman–Crippen LogP) is 4.05. The maximum absolute atomic E-state index is 12.1. The van der Waals surface area contributed by atoms with Crippen LogP contribution in [-0.2, 0) is 0 Å². The lowest BCUT2D eigenvalue weighted by atomic mass is 9.89. The molecule has 2 nitrogen and oxygen atoms in total. The van der Waals surface area contributed by atoms with Gasteiger partial charge in [0.15, 0.2) is 5.78 Å². The lowest BCUT2D eigenvalue weighted by molar-refractivity contribution is 0.0854. The minimum atomic E-state index is -0.370. The molecule has 0 radical (unpaired) electrons. The van der Waals surface area contributed by atoms with Crippen LogP contribution in [-0.4, -0.2) is 10.8 Å². The first-order valence-electron chi connectivity index (χ1n) is 5.21. The van der Waals surface area contributed by atoms with E-state index in [2.05, 4.69) is 4.98 Å². The smallest absolute Gasteiger partial charge is 0.184 e. The second kappa shape index (κ2) is 3.63. The normalized spacial score (nSPS) is 12.0. The predicted molar refractivity (Wildman–Crippen MR) is 67.1 cm³/mol. The standard InChI is InChI=1S/C13H14ClNO/c1-13(2,3)12(16)11-7-8-6-9(14)4-5-10(8)15-11/h4-7,15H,1-3H3. The number of fused-ring (bicyclic) bond motifs is 1. The number of Topliss-reactive ketones (excluding diaryl/α,β-unsaturated/α-hetero) is 1. The molecule has 3 heteroatoms. The number of ketones is 1. The minimum Gasteiger partial charge on any atom is -0.352 e. The number of benzene rings is 1. The Morgan fingerprint density at radius 2 is 1.94 bits per heavy atom. The number of aromatic amines is 1. The van der Waals surface area contributed by atoms with Crippen molar-refractivity contribution in [2.75, 3.05) is 0 Å². The van der Waals surface area contributed by atoms with E-state index in [0.717, 1.165) is 10.9 Å². The molecule has 2 aromatic rings. The third-order valence-electron chi connectivity index (χ3n) is 2.51. The van der Waals surface area contributed by atoms with Crippen LogP contribution in [0.25, 0.3) is 10.9 Å². The summed E-state index contributed by atoms with van der Waals surface area (Å²) in [7, 11) is 0. The average molecular weight is 236 g/mol. The molecule has 1 heterocycles. The molecule has 0 fully saturated rings. The number of hydrogen-bond donors (Lipinski definition) is 1. The maximum atomic E-state index is 12.1. The van der Waals surface area contributed by atoms with Crippen molar-refractivity contribution in [3.05, 3.63) is 35.0 Å². The van der Waals surface area contributed by atoms with E-state index >= 15 is 0 Å². The summed E-state index contributed by atoms with van der Waals surface area (Å²) in [5, 5.41) is 1.65. The monoisotopic (exact) mass is 235 g/mol. The summed E-state index contributed by atoms with van der Waals surface area (Å²) in [5.41, 5.74) is 1.21. The van der Waals surface area contributed by atoms with Crippen LogP contribution in [0.15, 0.2) is 24.3 Å². The van der Waals surface area contributed by atoms with Gasteiger partial charge in [0.1, 0.15) is 0 Å². The molecular formula is C13H14ClNO. The molecule has 1 aromatic heterocycles. The molecule has 0 aliphatic heterocycles. The summed E-state index contributed by atoms with van der Waals surface area (Å²) in [6.45, 7) is 5.73. The third-order valence-corrected chi connectivity index (χ3v) is 2.74. The molecule has 0 aliphatic carbocycles. The van der Waals surface area contributed by atoms with Crippen molar-refractivity contribution in [2.24, 2.45) is 5.41 Å². The van der Waals surface area contributed by atoms with Gasteiger partial charge in [-0.15, -0.1) is 0 Å². The van der Waals surface area contributed by atoms with Gasteiger partial charge in [0, 0.05) is 21.3 Å². The Morgan fingerprint density at radius 1 is 1.25 bits per heavy atom. The third kappa shape index (κ3) is 1.98. The Labute approximate surface area is 99.6 Å². The summed E-state index contributed by atoms with van der Waals surface area (Å²) >= 11 is 5.90. The van der Waals surface area contributed by atoms with Gasteiger partial charge in [0.25, 0.3) is 0 Å². The molecule has 16 heavy (non-hydrogen) atoms. The van der Waals surface area contributed by atoms with Gasteiger partial charge in [-0.25, -0.2) is 0 Å². The van der Waals surface area contributed by atoms with Crippen molar-refractivity contribution in [3.8, 4) is 0 Å². The first-order valence-corrected chi connectivity index (χ1v) is 5.59. The summed E-state index contributed by atoms with van der Waals surface area (Å²) in [6, 6.07) is 7.41. The highest BCUT2D eigenvalue weighted by molar-refractivity contribution is 6.31. The van der Waals surface area contributed by atoms with Crippen LogP contribution in [0.4, 0.5) is 0 Å². The molecule has 1 N–H and O–H groups in total. The topological polar surface area (TPSA) is 32.9 Å². The molecule has 0 bridgehead atoms. The zero-order valence-corrected chi connectivity index (χ0v) is 10.4. The first kappa shape index (κ1) is 11.2. The Morgan fingerprint density at radius 3 is 2.56 bits per heavy atom. The summed E-state index contributed by atoms with van der Waals surface area (Å²) in [6.07, 6.45) is 0. The van der Waals surface area contributed by atoms with Gasteiger partial charge < -0.3 is 4.98 Å². The van der Waals surface area contributed by atoms with Gasteiger partial charge in [-0.1, -0.05) is 32.4 Å². The number of hydrogen-bond acceptors (Lipinski definition) is 1. The van der Waals surface area contributed by atoms with Crippen molar-refractivity contribution < 1.29 is 4.79 Å². The largest absolute Gasteiger partial charge is 0.352 e. The van der Waals surface area contributed by atoms with Gasteiger partial charge >= 0.3 is 0 Å². The lowest BCUT2D eigenvalue weighted by Gasteiger charge is -2.14. The van der Waals surface area contributed by atoms with Crippen LogP contribution < -0.4 is 0 Å². The van der Waals surface area contributed by atoms with Gasteiger partial charge in [-0.3, -0.25) is 4.79 Å². The highest BCUT2D eigenvalue weighted by Crippen LogP contribution is 2.25. The molecule has 0 saturated carbocycles. The number of halogens is 1. The van der Waals surface area contributed by atoms with Crippen molar-refractivity contribution in [3.63, 3.8) is 0 Å². The first-order chi connectivity index (χ1) is 7.38. The fourth-order valence-corrected chi connectivity index (χ4v) is 1.81. The van der Waals surface area contributed by atoms with Crippen molar-refractivity contribution >= 4 is 28.3 Å². The summed E-state index contributed by atoms with van der Waals surface area (Å²) in [4.78, 5) is 15.2. The number of rotatable bonds is 1. The quantitative estimate of drug-likeness (QED) is 0.744. The lowest BCUT2D eigenvalue weighted by Crippen LogP contribution is -2.20. The SMILES string of the molecule is CC(C)(C)C(=O)c1cc2cc(Cl)ccc2[nH]1. The van der Waals surface area contributed by atoms with Crippen LogP contribution >= 0.6 is 11.6 Å². The van der Waals surface area contributed by atoms with E-state index in [0.29, 0.717) is 10.7 Å². The molecule has 0 amide bonds. The Kier molecular flexibility index (Phi) is 2.55. The number of carbonyl (C=O) groups excluding carboxylic acids is 1. The van der Waals surface area contributed by atoms with E-state index in [1.807, 2.05) is 45.0 Å². The molecule has 0 saturated heterocycles. The fourth-order valence-electron chi connectivity index (χ4n) is 1.63. The summed E-state index contributed by atoms with van der Waals surface area (Å²) in [5.74, 6) is 0.111. The van der Waals surface area contributed by atoms with E-state index in [1.54, 1.807) is 0 Å². The van der Waals surface area contributed by atoms with E-state index in [-0.39, 0.29) is 11.2 Å². The van der Waals surface area contributed by atoms with Crippen molar-refractivity contribution in [1.82, 2.24) is 4.98 Å². The number of aromatic nitrogens is 1. The van der Waals surface area contributed by atoms with E-state index in [4.69, 9.17) is 11.6 Å². The molecule has 84 valence electrons. The molecule has 0 spiro atoms. The Hall–Kier alpha value is -1.28. The molecule has 0 aliphatic rings. The Bertz CT molecular complexity index is 549. The van der Waals surface area contributed by atoms with Gasteiger partial charge in [-0.05, 0) is 24.3 Å². The molecular weight excluding hydrogens is 222 g/mol.